The lowest BCUT2D eigenvalue weighted by Gasteiger charge is -1.92. The van der Waals surface area contributed by atoms with Gasteiger partial charge >= 0.3 is 0 Å². The second-order valence-corrected chi connectivity index (χ2v) is 14.3. The highest BCUT2D eigenvalue weighted by Crippen LogP contribution is 2.17. The molecule has 0 aliphatic carbocycles. The number of rotatable bonds is 2. The van der Waals surface area contributed by atoms with Gasteiger partial charge in [-0.05, 0) is 59.7 Å². The molecular weight excluding hydrogens is 671 g/mol. The van der Waals surface area contributed by atoms with Crippen molar-refractivity contribution in [2.45, 2.75) is 157 Å². The second-order valence-electron chi connectivity index (χ2n) is 12.3. The summed E-state index contributed by atoms with van der Waals surface area (Å²) in [5.74, 6) is 4.81. The van der Waals surface area contributed by atoms with Crippen molar-refractivity contribution in [3.8, 4) is 0 Å². The normalized spacial score (nSPS) is 8.59. The number of nitrogens with zero attached hydrogens (tertiary/aromatic N) is 4. The first-order valence-corrected chi connectivity index (χ1v) is 20.5. The zero-order chi connectivity index (χ0) is 41.0. The summed E-state index contributed by atoms with van der Waals surface area (Å²) >= 11 is 3.39. The summed E-state index contributed by atoms with van der Waals surface area (Å²) in [7, 11) is 0. The Morgan fingerprint density at radius 2 is 0.980 bits per heavy atom. The number of furan rings is 1. The number of thiophene rings is 1. The van der Waals surface area contributed by atoms with E-state index in [0.29, 0.717) is 17.7 Å². The molecule has 1 N–H and O–H groups in total. The highest BCUT2D eigenvalue weighted by atomic mass is 32.1. The summed E-state index contributed by atoms with van der Waals surface area (Å²) < 4.78 is 9.35. The molecule has 0 aliphatic rings. The van der Waals surface area contributed by atoms with Crippen LogP contribution in [0.25, 0.3) is 0 Å². The van der Waals surface area contributed by atoms with Gasteiger partial charge in [0.2, 0.25) is 5.89 Å². The highest BCUT2D eigenvalue weighted by molar-refractivity contribution is 7.11. The number of hydrogen-bond acceptors (Lipinski definition) is 8. The first-order valence-electron chi connectivity index (χ1n) is 18.7. The minimum atomic E-state index is 0.363. The molecule has 5 heterocycles. The number of nitrogens with one attached hydrogen (secondary N) is 1. The van der Waals surface area contributed by atoms with Gasteiger partial charge in [0.25, 0.3) is 0 Å². The third-order valence-corrected chi connectivity index (χ3v) is 5.21. The lowest BCUT2D eigenvalue weighted by Crippen LogP contribution is -1.88. The van der Waals surface area contributed by atoms with Gasteiger partial charge < -0.3 is 13.9 Å². The van der Waals surface area contributed by atoms with Crippen LogP contribution in [0.15, 0.2) is 81.0 Å². The Bertz CT molecular complexity index is 967. The SMILES string of the molecule is CC.CC.CC.CC(C)C.CC(C)C.CC(C)C.Cc1nc(C(C)C)no1.Cc1nnc(C(C)C)s1.c1cc[nH]c1.c1ccoc1.c1ccsc1. The molecule has 7 nitrogen and oxygen atoms in total. The molecule has 0 saturated heterocycles. The van der Waals surface area contributed by atoms with E-state index in [1.165, 1.54) is 0 Å². The molecular formula is C42H81N5O2S2. The highest BCUT2D eigenvalue weighted by Gasteiger charge is 2.05. The summed E-state index contributed by atoms with van der Waals surface area (Å²) in [6, 6.07) is 11.6. The summed E-state index contributed by atoms with van der Waals surface area (Å²) in [4.78, 5) is 6.89. The van der Waals surface area contributed by atoms with Crippen molar-refractivity contribution >= 4 is 22.7 Å². The maximum atomic E-state index is 4.76. The van der Waals surface area contributed by atoms with Crippen LogP contribution in [0.3, 0.4) is 0 Å². The second kappa shape index (κ2) is 49.1. The van der Waals surface area contributed by atoms with Gasteiger partial charge in [-0.2, -0.15) is 16.3 Å². The Balaban J connectivity index is -0.000000113. The predicted octanol–water partition coefficient (Wildman–Crippen LogP) is 15.6. The van der Waals surface area contributed by atoms with Crippen LogP contribution in [0.2, 0.25) is 0 Å². The lowest BCUT2D eigenvalue weighted by molar-refractivity contribution is 0.385. The van der Waals surface area contributed by atoms with E-state index in [4.69, 9.17) is 4.52 Å². The van der Waals surface area contributed by atoms with Gasteiger partial charge in [0, 0.05) is 31.2 Å². The molecule has 0 bridgehead atoms. The van der Waals surface area contributed by atoms with Crippen LogP contribution in [0, 0.1) is 31.6 Å². The average Bonchev–Trinajstić information content (AvgIpc) is 3.92. The van der Waals surface area contributed by atoms with Crippen molar-refractivity contribution in [1.29, 1.82) is 0 Å². The van der Waals surface area contributed by atoms with Crippen LogP contribution in [-0.2, 0) is 0 Å². The van der Waals surface area contributed by atoms with E-state index in [9.17, 15) is 0 Å². The van der Waals surface area contributed by atoms with Crippen LogP contribution in [0.1, 0.15) is 165 Å². The number of aromatic amines is 1. The van der Waals surface area contributed by atoms with Crippen molar-refractivity contribution < 1.29 is 8.94 Å². The summed E-state index contributed by atoms with van der Waals surface area (Å²) in [5, 5.41) is 17.9. The third-order valence-electron chi connectivity index (χ3n) is 3.44. The molecule has 298 valence electrons. The predicted molar refractivity (Wildman–Crippen MR) is 231 cm³/mol. The summed E-state index contributed by atoms with van der Waals surface area (Å²) in [6.45, 7) is 43.6. The largest absolute Gasteiger partial charge is 0.473 e. The molecule has 0 unspecified atom stereocenters. The maximum Gasteiger partial charge on any atom is 0.223 e. The number of aromatic nitrogens is 5. The Hall–Kier alpha value is -3.04. The molecule has 0 aliphatic heterocycles. The van der Waals surface area contributed by atoms with Crippen LogP contribution in [0.5, 0.6) is 0 Å². The zero-order valence-electron chi connectivity index (χ0n) is 36.7. The van der Waals surface area contributed by atoms with Gasteiger partial charge in [-0.3, -0.25) is 0 Å². The molecule has 5 aromatic heterocycles. The standard InChI is InChI=1S/C6H10N2O.C6H10N2S.C4H5N.C4H4O.C4H4S.3C4H10.3C2H6/c1-4(2)6-7-5(3)9-8-6;1-4(2)6-8-7-5(3)9-6;3*1-2-4-5-3-1;3*1-4(2)3;3*1-2/h2*4H,1-3H3;1-5H;2*1-4H;3*4H,1-3H3;3*1-2H3. The monoisotopic (exact) mass is 752 g/mol. The first kappa shape index (κ1) is 60.1. The quantitative estimate of drug-likeness (QED) is 0.193. The van der Waals surface area contributed by atoms with Gasteiger partial charge in [-0.25, -0.2) is 0 Å². The van der Waals surface area contributed by atoms with Gasteiger partial charge in [0.1, 0.15) is 10.0 Å². The molecule has 0 amide bonds. The smallest absolute Gasteiger partial charge is 0.223 e. The van der Waals surface area contributed by atoms with E-state index in [2.05, 4.69) is 106 Å². The van der Waals surface area contributed by atoms with Crippen LogP contribution < -0.4 is 0 Å². The van der Waals surface area contributed by atoms with Crippen LogP contribution in [-0.4, -0.2) is 25.3 Å². The third kappa shape index (κ3) is 65.9. The summed E-state index contributed by atoms with van der Waals surface area (Å²) in [6.07, 6.45) is 7.00. The van der Waals surface area contributed by atoms with E-state index in [0.717, 1.165) is 33.6 Å². The minimum absolute atomic E-state index is 0.363. The molecule has 0 spiro atoms. The molecule has 0 radical (unpaired) electrons. The lowest BCUT2D eigenvalue weighted by atomic mass is 10.2. The fraction of sp³-hybridized carbons (Fsp3) is 0.619. The molecule has 5 aromatic rings. The molecule has 51 heavy (non-hydrogen) atoms. The molecule has 0 aromatic carbocycles. The van der Waals surface area contributed by atoms with Crippen molar-refractivity contribution in [3.05, 3.63) is 93.8 Å². The molecule has 0 saturated carbocycles. The van der Waals surface area contributed by atoms with Crippen molar-refractivity contribution in [1.82, 2.24) is 25.3 Å². The van der Waals surface area contributed by atoms with E-state index in [1.54, 1.807) is 42.1 Å². The Labute approximate surface area is 324 Å². The van der Waals surface area contributed by atoms with Crippen molar-refractivity contribution in [3.63, 3.8) is 0 Å². The van der Waals surface area contributed by atoms with E-state index in [-0.39, 0.29) is 0 Å². The van der Waals surface area contributed by atoms with Crippen LogP contribution in [0.4, 0.5) is 0 Å². The topological polar surface area (TPSA) is 93.6 Å². The Morgan fingerprint density at radius 3 is 1.12 bits per heavy atom. The van der Waals surface area contributed by atoms with Crippen molar-refractivity contribution in [2.75, 3.05) is 0 Å². The van der Waals surface area contributed by atoms with E-state index >= 15 is 0 Å². The fourth-order valence-electron chi connectivity index (χ4n) is 1.83. The zero-order valence-corrected chi connectivity index (χ0v) is 38.4. The van der Waals surface area contributed by atoms with E-state index < -0.39 is 0 Å². The molecule has 0 atom stereocenters. The number of H-pyrrole nitrogens is 1. The van der Waals surface area contributed by atoms with Gasteiger partial charge in [0.15, 0.2) is 5.82 Å². The minimum Gasteiger partial charge on any atom is -0.473 e. The van der Waals surface area contributed by atoms with Crippen molar-refractivity contribution in [2.24, 2.45) is 17.8 Å². The average molecular weight is 752 g/mol. The molecule has 5 rings (SSSR count). The molecule has 9 heteroatoms. The Kier molecular flexibility index (Phi) is 57.8. The number of aryl methyl sites for hydroxylation is 2. The van der Waals surface area contributed by atoms with Crippen LogP contribution >= 0.6 is 22.7 Å². The Morgan fingerprint density at radius 1 is 0.569 bits per heavy atom. The van der Waals surface area contributed by atoms with Gasteiger partial charge in [0.05, 0.1) is 12.5 Å². The summed E-state index contributed by atoms with van der Waals surface area (Å²) in [5.41, 5.74) is 0. The first-order chi connectivity index (χ1) is 24.1. The van der Waals surface area contributed by atoms with Gasteiger partial charge in [-0.15, -0.1) is 21.5 Å². The van der Waals surface area contributed by atoms with Gasteiger partial charge in [-0.1, -0.05) is 149 Å². The molecule has 0 fully saturated rings. The maximum absolute atomic E-state index is 4.76. The fourth-order valence-corrected chi connectivity index (χ4v) is 2.98. The number of hydrogen-bond donors (Lipinski definition) is 1. The van der Waals surface area contributed by atoms with E-state index in [1.807, 2.05) is 122 Å².